The van der Waals surface area contributed by atoms with Crippen molar-refractivity contribution in [3.8, 4) is 6.07 Å². The van der Waals surface area contributed by atoms with E-state index in [1.165, 1.54) is 6.26 Å². The van der Waals surface area contributed by atoms with Crippen LogP contribution in [0.1, 0.15) is 34.5 Å². The van der Waals surface area contributed by atoms with Crippen LogP contribution in [0.5, 0.6) is 0 Å². The van der Waals surface area contributed by atoms with Gasteiger partial charge in [-0.05, 0) is 44.0 Å². The summed E-state index contributed by atoms with van der Waals surface area (Å²) in [6, 6.07) is 8.60. The van der Waals surface area contributed by atoms with Crippen LogP contribution in [-0.4, -0.2) is 42.4 Å². The molecule has 7 nitrogen and oxygen atoms in total. The maximum absolute atomic E-state index is 12.3. The predicted molar refractivity (Wildman–Crippen MR) is 105 cm³/mol. The normalized spacial score (nSPS) is 15.0. The number of carbonyl (C=O) groups excluding carboxylic acids is 2. The minimum absolute atomic E-state index is 0.0636. The molecule has 2 heterocycles. The van der Waals surface area contributed by atoms with E-state index in [0.717, 1.165) is 18.4 Å². The number of piperidine rings is 1. The van der Waals surface area contributed by atoms with Gasteiger partial charge in [0.1, 0.15) is 6.07 Å². The van der Waals surface area contributed by atoms with Gasteiger partial charge in [0.05, 0.1) is 23.4 Å². The summed E-state index contributed by atoms with van der Waals surface area (Å²) >= 11 is 5.98. The molecular formula is C20H21ClN4O3. The quantitative estimate of drug-likeness (QED) is 0.804. The zero-order chi connectivity index (χ0) is 20.1. The molecule has 28 heavy (non-hydrogen) atoms. The van der Waals surface area contributed by atoms with Crippen LogP contribution in [0.2, 0.25) is 5.02 Å². The molecule has 2 aromatic rings. The maximum atomic E-state index is 12.3. The summed E-state index contributed by atoms with van der Waals surface area (Å²) in [4.78, 5) is 26.5. The number of halogens is 1. The molecule has 0 spiro atoms. The van der Waals surface area contributed by atoms with Crippen molar-refractivity contribution in [2.24, 2.45) is 0 Å². The highest BCUT2D eigenvalue weighted by Crippen LogP contribution is 2.20. The van der Waals surface area contributed by atoms with E-state index in [1.807, 2.05) is 17.9 Å². The Labute approximate surface area is 168 Å². The summed E-state index contributed by atoms with van der Waals surface area (Å²) in [5, 5.41) is 15.0. The van der Waals surface area contributed by atoms with Crippen molar-refractivity contribution in [3.63, 3.8) is 0 Å². The third-order valence-corrected chi connectivity index (χ3v) is 5.04. The van der Waals surface area contributed by atoms with Crippen LogP contribution in [0.25, 0.3) is 0 Å². The predicted octanol–water partition coefficient (Wildman–Crippen LogP) is 2.95. The van der Waals surface area contributed by atoms with Crippen molar-refractivity contribution in [2.75, 3.05) is 25.0 Å². The van der Waals surface area contributed by atoms with Gasteiger partial charge in [-0.1, -0.05) is 11.6 Å². The second-order valence-corrected chi connectivity index (χ2v) is 7.22. The van der Waals surface area contributed by atoms with Crippen molar-refractivity contribution < 1.29 is 14.0 Å². The van der Waals surface area contributed by atoms with Gasteiger partial charge in [0, 0.05) is 30.4 Å². The minimum Gasteiger partial charge on any atom is -0.459 e. The van der Waals surface area contributed by atoms with E-state index in [-0.39, 0.29) is 24.4 Å². The van der Waals surface area contributed by atoms with Gasteiger partial charge in [-0.15, -0.1) is 0 Å². The maximum Gasteiger partial charge on any atom is 0.287 e. The molecule has 2 N–H and O–H groups in total. The summed E-state index contributed by atoms with van der Waals surface area (Å²) in [6.07, 6.45) is 3.04. The number of hydrogen-bond acceptors (Lipinski definition) is 5. The van der Waals surface area contributed by atoms with E-state index in [2.05, 4.69) is 10.6 Å². The molecule has 3 rings (SSSR count). The Kier molecular flexibility index (Phi) is 6.34. The first-order valence-electron chi connectivity index (χ1n) is 9.03. The summed E-state index contributed by atoms with van der Waals surface area (Å²) in [7, 11) is 0. The lowest BCUT2D eigenvalue weighted by atomic mass is 10.0. The van der Waals surface area contributed by atoms with Gasteiger partial charge >= 0.3 is 0 Å². The van der Waals surface area contributed by atoms with Gasteiger partial charge in [-0.25, -0.2) is 0 Å². The molecule has 0 aliphatic carbocycles. The number of rotatable bonds is 5. The molecule has 0 saturated carbocycles. The molecule has 0 unspecified atom stereocenters. The number of nitrogens with one attached hydrogen (secondary N) is 2. The fourth-order valence-corrected chi connectivity index (χ4v) is 3.40. The summed E-state index contributed by atoms with van der Waals surface area (Å²) in [5.41, 5.74) is 1.74. The molecule has 2 amide bonds. The average Bonchev–Trinajstić information content (AvgIpc) is 3.09. The molecule has 1 aromatic carbocycles. The molecule has 146 valence electrons. The van der Waals surface area contributed by atoms with Crippen LogP contribution < -0.4 is 10.6 Å². The average molecular weight is 401 g/mol. The van der Waals surface area contributed by atoms with E-state index >= 15 is 0 Å². The Hall–Kier alpha value is -2.82. The Morgan fingerprint density at radius 3 is 2.68 bits per heavy atom. The van der Waals surface area contributed by atoms with E-state index in [4.69, 9.17) is 21.3 Å². The van der Waals surface area contributed by atoms with Crippen LogP contribution in [0.15, 0.2) is 34.9 Å². The standard InChI is InChI=1S/C20H21ClN4O3/c1-13-6-9-28-19(13)20(27)24-15-4-7-25(8-5-15)12-18(26)23-16-3-2-14(11-22)17(21)10-16/h2-3,6,9-10,15H,4-5,7-8,12H2,1H3,(H,23,26)(H,24,27). The van der Waals surface area contributed by atoms with Crippen molar-refractivity contribution >= 4 is 29.1 Å². The first-order chi connectivity index (χ1) is 13.5. The van der Waals surface area contributed by atoms with E-state index in [1.54, 1.807) is 24.3 Å². The number of anilines is 1. The van der Waals surface area contributed by atoms with Crippen LogP contribution in [0.3, 0.4) is 0 Å². The zero-order valence-corrected chi connectivity index (χ0v) is 16.3. The van der Waals surface area contributed by atoms with Crippen LogP contribution >= 0.6 is 11.6 Å². The Bertz CT molecular complexity index is 910. The van der Waals surface area contributed by atoms with Crippen molar-refractivity contribution in [2.45, 2.75) is 25.8 Å². The topological polar surface area (TPSA) is 98.4 Å². The Balaban J connectivity index is 1.44. The SMILES string of the molecule is Cc1ccoc1C(=O)NC1CCN(CC(=O)Nc2ccc(C#N)c(Cl)c2)CC1. The number of carbonyl (C=O) groups is 2. The van der Waals surface area contributed by atoms with Crippen LogP contribution in [0.4, 0.5) is 5.69 Å². The molecule has 8 heteroatoms. The summed E-state index contributed by atoms with van der Waals surface area (Å²) < 4.78 is 5.22. The van der Waals surface area contributed by atoms with E-state index in [9.17, 15) is 9.59 Å². The molecule has 1 fully saturated rings. The van der Waals surface area contributed by atoms with Gasteiger partial charge in [-0.3, -0.25) is 14.5 Å². The minimum atomic E-state index is -0.198. The number of aryl methyl sites for hydroxylation is 1. The number of hydrogen-bond donors (Lipinski definition) is 2. The third kappa shape index (κ3) is 4.91. The summed E-state index contributed by atoms with van der Waals surface area (Å²) in [6.45, 7) is 3.52. The molecule has 0 atom stereocenters. The fraction of sp³-hybridized carbons (Fsp3) is 0.350. The number of nitriles is 1. The third-order valence-electron chi connectivity index (χ3n) is 4.73. The fourth-order valence-electron chi connectivity index (χ4n) is 3.18. The van der Waals surface area contributed by atoms with Crippen molar-refractivity contribution in [3.05, 3.63) is 52.4 Å². The first kappa shape index (κ1) is 19.9. The number of likely N-dealkylation sites (tertiary alicyclic amines) is 1. The molecule has 1 aliphatic heterocycles. The lowest BCUT2D eigenvalue weighted by molar-refractivity contribution is -0.117. The number of nitrogens with zero attached hydrogens (tertiary/aromatic N) is 2. The lowest BCUT2D eigenvalue weighted by Gasteiger charge is -2.31. The largest absolute Gasteiger partial charge is 0.459 e. The van der Waals surface area contributed by atoms with E-state index in [0.29, 0.717) is 35.1 Å². The molecule has 0 bridgehead atoms. The highest BCUT2D eigenvalue weighted by molar-refractivity contribution is 6.32. The number of amides is 2. The zero-order valence-electron chi connectivity index (χ0n) is 15.5. The second kappa shape index (κ2) is 8.91. The highest BCUT2D eigenvalue weighted by Gasteiger charge is 2.24. The molecule has 1 aromatic heterocycles. The van der Waals surface area contributed by atoms with Crippen molar-refractivity contribution in [1.82, 2.24) is 10.2 Å². The van der Waals surface area contributed by atoms with Gasteiger partial charge in [-0.2, -0.15) is 5.26 Å². The van der Waals surface area contributed by atoms with Gasteiger partial charge in [0.25, 0.3) is 5.91 Å². The molecular weight excluding hydrogens is 380 g/mol. The van der Waals surface area contributed by atoms with Gasteiger partial charge in [0.2, 0.25) is 5.91 Å². The first-order valence-corrected chi connectivity index (χ1v) is 9.41. The smallest absolute Gasteiger partial charge is 0.287 e. The van der Waals surface area contributed by atoms with Crippen molar-refractivity contribution in [1.29, 1.82) is 5.26 Å². The summed E-state index contributed by atoms with van der Waals surface area (Å²) in [5.74, 6) is 0.00810. The molecule has 0 radical (unpaired) electrons. The Morgan fingerprint density at radius 1 is 1.32 bits per heavy atom. The molecule has 1 saturated heterocycles. The number of benzene rings is 1. The van der Waals surface area contributed by atoms with Crippen LogP contribution in [0, 0.1) is 18.3 Å². The van der Waals surface area contributed by atoms with Gasteiger partial charge < -0.3 is 15.1 Å². The lowest BCUT2D eigenvalue weighted by Crippen LogP contribution is -2.46. The molecule has 1 aliphatic rings. The monoisotopic (exact) mass is 400 g/mol. The number of furan rings is 1. The second-order valence-electron chi connectivity index (χ2n) is 6.81. The highest BCUT2D eigenvalue weighted by atomic mass is 35.5. The van der Waals surface area contributed by atoms with E-state index < -0.39 is 0 Å². The Morgan fingerprint density at radius 2 is 2.07 bits per heavy atom. The van der Waals surface area contributed by atoms with Gasteiger partial charge in [0.15, 0.2) is 5.76 Å². The van der Waals surface area contributed by atoms with Crippen LogP contribution in [-0.2, 0) is 4.79 Å².